The van der Waals surface area contributed by atoms with Crippen LogP contribution in [0.25, 0.3) is 0 Å². The Balaban J connectivity index is 1.86. The smallest absolute Gasteiger partial charge is 0.227 e. The van der Waals surface area contributed by atoms with Crippen molar-refractivity contribution in [3.63, 3.8) is 0 Å². The van der Waals surface area contributed by atoms with Crippen LogP contribution in [0.4, 0.5) is 0 Å². The van der Waals surface area contributed by atoms with Gasteiger partial charge in [-0.25, -0.2) is 0 Å². The van der Waals surface area contributed by atoms with Gasteiger partial charge in [0.2, 0.25) is 11.8 Å². The van der Waals surface area contributed by atoms with Gasteiger partial charge in [0.05, 0.1) is 5.41 Å². The van der Waals surface area contributed by atoms with Gasteiger partial charge in [-0.1, -0.05) is 30.3 Å². The standard InChI is InChI=1S/C17H24N2O2/c1-3-18-16(21)17(2)11-12-19(13-17)15(20)10-9-14-7-5-4-6-8-14/h4-8H,3,9-13H2,1-2H3,(H,18,21). The fraction of sp³-hybridized carbons (Fsp3) is 0.529. The molecule has 1 aromatic carbocycles. The van der Waals surface area contributed by atoms with Gasteiger partial charge in [-0.15, -0.1) is 0 Å². The Morgan fingerprint density at radius 2 is 2.00 bits per heavy atom. The van der Waals surface area contributed by atoms with Crippen molar-refractivity contribution in [3.8, 4) is 0 Å². The normalized spacial score (nSPS) is 21.3. The first-order chi connectivity index (χ1) is 10.0. The van der Waals surface area contributed by atoms with E-state index in [1.807, 2.05) is 49.1 Å². The molecule has 4 heteroatoms. The highest BCUT2D eigenvalue weighted by atomic mass is 16.2. The van der Waals surface area contributed by atoms with E-state index in [1.54, 1.807) is 0 Å². The van der Waals surface area contributed by atoms with Crippen LogP contribution in [-0.2, 0) is 16.0 Å². The molecular formula is C17H24N2O2. The van der Waals surface area contributed by atoms with Gasteiger partial charge < -0.3 is 10.2 Å². The zero-order chi connectivity index (χ0) is 15.3. The van der Waals surface area contributed by atoms with Crippen molar-refractivity contribution in [2.45, 2.75) is 33.1 Å². The molecule has 1 aromatic rings. The summed E-state index contributed by atoms with van der Waals surface area (Å²) in [7, 11) is 0. The molecule has 1 aliphatic heterocycles. The molecule has 0 aromatic heterocycles. The van der Waals surface area contributed by atoms with E-state index in [9.17, 15) is 9.59 Å². The molecule has 1 fully saturated rings. The van der Waals surface area contributed by atoms with Gasteiger partial charge in [0.25, 0.3) is 0 Å². The summed E-state index contributed by atoms with van der Waals surface area (Å²) < 4.78 is 0. The molecular weight excluding hydrogens is 264 g/mol. The summed E-state index contributed by atoms with van der Waals surface area (Å²) in [5.41, 5.74) is 0.745. The third-order valence-electron chi connectivity index (χ3n) is 4.18. The Kier molecular flexibility index (Phi) is 4.99. The minimum Gasteiger partial charge on any atom is -0.356 e. The second-order valence-corrected chi connectivity index (χ2v) is 5.97. The van der Waals surface area contributed by atoms with E-state index < -0.39 is 5.41 Å². The van der Waals surface area contributed by atoms with Crippen molar-refractivity contribution < 1.29 is 9.59 Å². The van der Waals surface area contributed by atoms with Crippen LogP contribution in [0.5, 0.6) is 0 Å². The lowest BCUT2D eigenvalue weighted by Gasteiger charge is -2.23. The molecule has 1 atom stereocenters. The first-order valence-corrected chi connectivity index (χ1v) is 7.65. The maximum absolute atomic E-state index is 12.3. The average molecular weight is 288 g/mol. The minimum atomic E-state index is -0.432. The highest BCUT2D eigenvalue weighted by Gasteiger charge is 2.41. The first kappa shape index (κ1) is 15.5. The van der Waals surface area contributed by atoms with Crippen molar-refractivity contribution in [3.05, 3.63) is 35.9 Å². The van der Waals surface area contributed by atoms with Crippen LogP contribution in [-0.4, -0.2) is 36.3 Å². The third-order valence-corrected chi connectivity index (χ3v) is 4.18. The van der Waals surface area contributed by atoms with Crippen LogP contribution in [0, 0.1) is 5.41 Å². The molecule has 0 spiro atoms. The van der Waals surface area contributed by atoms with Crippen molar-refractivity contribution in [1.82, 2.24) is 10.2 Å². The van der Waals surface area contributed by atoms with Gasteiger partial charge in [0.15, 0.2) is 0 Å². The van der Waals surface area contributed by atoms with Crippen molar-refractivity contribution in [2.24, 2.45) is 5.41 Å². The zero-order valence-electron chi connectivity index (χ0n) is 12.9. The number of rotatable bonds is 5. The molecule has 1 unspecified atom stereocenters. The van der Waals surface area contributed by atoms with Gasteiger partial charge >= 0.3 is 0 Å². The highest BCUT2D eigenvalue weighted by Crippen LogP contribution is 2.30. The SMILES string of the molecule is CCNC(=O)C1(C)CCN(C(=O)CCc2ccccc2)C1. The number of nitrogens with one attached hydrogen (secondary N) is 1. The molecule has 0 radical (unpaired) electrons. The lowest BCUT2D eigenvalue weighted by molar-refractivity contribution is -0.132. The Bertz CT molecular complexity index is 501. The van der Waals surface area contributed by atoms with Crippen LogP contribution < -0.4 is 5.32 Å². The molecule has 4 nitrogen and oxygen atoms in total. The molecule has 0 bridgehead atoms. The third kappa shape index (κ3) is 3.84. The van der Waals surface area contributed by atoms with Crippen molar-refractivity contribution in [2.75, 3.05) is 19.6 Å². The predicted molar refractivity (Wildman–Crippen MR) is 82.8 cm³/mol. The number of aryl methyl sites for hydroxylation is 1. The average Bonchev–Trinajstić information content (AvgIpc) is 2.90. The lowest BCUT2D eigenvalue weighted by Crippen LogP contribution is -2.41. The van der Waals surface area contributed by atoms with Crippen molar-refractivity contribution >= 4 is 11.8 Å². The highest BCUT2D eigenvalue weighted by molar-refractivity contribution is 5.85. The summed E-state index contributed by atoms with van der Waals surface area (Å²) in [5, 5.41) is 2.87. The maximum Gasteiger partial charge on any atom is 0.227 e. The molecule has 114 valence electrons. The minimum absolute atomic E-state index is 0.0587. The molecule has 0 aliphatic carbocycles. The van der Waals surface area contributed by atoms with Gasteiger partial charge in [0, 0.05) is 26.1 Å². The lowest BCUT2D eigenvalue weighted by atomic mass is 9.89. The molecule has 1 N–H and O–H groups in total. The number of hydrogen-bond donors (Lipinski definition) is 1. The van der Waals surface area contributed by atoms with E-state index in [-0.39, 0.29) is 11.8 Å². The Morgan fingerprint density at radius 1 is 1.29 bits per heavy atom. The van der Waals surface area contributed by atoms with Crippen LogP contribution in [0.3, 0.4) is 0 Å². The number of likely N-dealkylation sites (tertiary alicyclic amines) is 1. The fourth-order valence-corrected chi connectivity index (χ4v) is 2.79. The summed E-state index contributed by atoms with van der Waals surface area (Å²) in [5.74, 6) is 0.204. The van der Waals surface area contributed by atoms with E-state index in [1.165, 1.54) is 5.56 Å². The maximum atomic E-state index is 12.3. The largest absolute Gasteiger partial charge is 0.356 e. The molecule has 1 aliphatic rings. The molecule has 1 heterocycles. The molecule has 2 rings (SSSR count). The second kappa shape index (κ2) is 6.74. The Hall–Kier alpha value is -1.84. The monoisotopic (exact) mass is 288 g/mol. The van der Waals surface area contributed by atoms with E-state index >= 15 is 0 Å². The topological polar surface area (TPSA) is 49.4 Å². The van der Waals surface area contributed by atoms with Crippen LogP contribution in [0.1, 0.15) is 32.3 Å². The van der Waals surface area contributed by atoms with Crippen LogP contribution >= 0.6 is 0 Å². The number of carbonyl (C=O) groups is 2. The quantitative estimate of drug-likeness (QED) is 0.901. The molecule has 0 saturated carbocycles. The summed E-state index contributed by atoms with van der Waals surface area (Å²) in [4.78, 5) is 26.2. The van der Waals surface area contributed by atoms with Gasteiger partial charge in [-0.3, -0.25) is 9.59 Å². The Morgan fingerprint density at radius 3 is 2.67 bits per heavy atom. The number of hydrogen-bond acceptors (Lipinski definition) is 2. The van der Waals surface area contributed by atoms with Crippen molar-refractivity contribution in [1.29, 1.82) is 0 Å². The van der Waals surface area contributed by atoms with Gasteiger partial charge in [0.1, 0.15) is 0 Å². The summed E-state index contributed by atoms with van der Waals surface area (Å²) in [6.45, 7) is 5.71. The van der Waals surface area contributed by atoms with E-state index in [0.29, 0.717) is 26.1 Å². The number of benzene rings is 1. The predicted octanol–water partition coefficient (Wildman–Crippen LogP) is 1.99. The Labute approximate surface area is 126 Å². The van der Waals surface area contributed by atoms with Crippen LogP contribution in [0.2, 0.25) is 0 Å². The molecule has 2 amide bonds. The molecule has 1 saturated heterocycles. The summed E-state index contributed by atoms with van der Waals surface area (Å²) in [6.07, 6.45) is 2.01. The van der Waals surface area contributed by atoms with Gasteiger partial charge in [-0.05, 0) is 32.3 Å². The number of nitrogens with zero attached hydrogens (tertiary/aromatic N) is 1. The van der Waals surface area contributed by atoms with Crippen LogP contribution in [0.15, 0.2) is 30.3 Å². The first-order valence-electron chi connectivity index (χ1n) is 7.65. The van der Waals surface area contributed by atoms with E-state index in [2.05, 4.69) is 5.32 Å². The van der Waals surface area contributed by atoms with E-state index in [0.717, 1.165) is 12.8 Å². The van der Waals surface area contributed by atoms with Gasteiger partial charge in [-0.2, -0.15) is 0 Å². The van der Waals surface area contributed by atoms with E-state index in [4.69, 9.17) is 0 Å². The fourth-order valence-electron chi connectivity index (χ4n) is 2.79. The number of amides is 2. The number of carbonyl (C=O) groups excluding carboxylic acids is 2. The summed E-state index contributed by atoms with van der Waals surface area (Å²) >= 11 is 0. The molecule has 21 heavy (non-hydrogen) atoms. The zero-order valence-corrected chi connectivity index (χ0v) is 12.9. The second-order valence-electron chi connectivity index (χ2n) is 5.97. The summed E-state index contributed by atoms with van der Waals surface area (Å²) in [6, 6.07) is 10.0.